The molecular formula is C18H35N. The maximum Gasteiger partial charge on any atom is 0.0181 e. The summed E-state index contributed by atoms with van der Waals surface area (Å²) in [6.07, 6.45) is 5.74. The van der Waals surface area contributed by atoms with Crippen LogP contribution >= 0.6 is 0 Å². The van der Waals surface area contributed by atoms with E-state index in [-0.39, 0.29) is 0 Å². The normalized spacial score (nSPS) is 34.3. The highest BCUT2D eigenvalue weighted by Gasteiger charge is 2.64. The molecule has 0 atom stereocenters. The van der Waals surface area contributed by atoms with E-state index < -0.39 is 0 Å². The Balaban J connectivity index is 1.73. The molecule has 2 rings (SSSR count). The van der Waals surface area contributed by atoms with Crippen molar-refractivity contribution in [3.05, 3.63) is 0 Å². The zero-order valence-corrected chi connectivity index (χ0v) is 14.3. The Labute approximate surface area is 120 Å². The van der Waals surface area contributed by atoms with E-state index in [1.54, 1.807) is 0 Å². The molecule has 2 saturated carbocycles. The molecule has 1 nitrogen and oxygen atoms in total. The molecule has 0 aromatic heterocycles. The molecule has 112 valence electrons. The van der Waals surface area contributed by atoms with Crippen molar-refractivity contribution in [2.75, 3.05) is 6.54 Å². The molecule has 0 aliphatic heterocycles. The number of hydrogen-bond acceptors (Lipinski definition) is 1. The van der Waals surface area contributed by atoms with Crippen molar-refractivity contribution in [3.8, 4) is 0 Å². The van der Waals surface area contributed by atoms with Crippen molar-refractivity contribution < 1.29 is 0 Å². The maximum absolute atomic E-state index is 3.86. The molecule has 0 aromatic rings. The van der Waals surface area contributed by atoms with Gasteiger partial charge in [0, 0.05) is 6.04 Å². The minimum atomic E-state index is 0.482. The minimum Gasteiger partial charge on any atom is -0.313 e. The molecule has 0 unspecified atom stereocenters. The summed E-state index contributed by atoms with van der Waals surface area (Å²) in [4.78, 5) is 0. The van der Waals surface area contributed by atoms with Gasteiger partial charge in [-0.3, -0.25) is 0 Å². The molecule has 2 aliphatic rings. The van der Waals surface area contributed by atoms with Crippen LogP contribution in [-0.4, -0.2) is 12.6 Å². The third-order valence-electron chi connectivity index (χ3n) is 6.70. The van der Waals surface area contributed by atoms with Gasteiger partial charge in [-0.2, -0.15) is 0 Å². The molecule has 2 fully saturated rings. The SMILES string of the molecule is CC(C)(C)C1CCC(CNC2C(C)(C)C2(C)C)CC1. The predicted octanol–water partition coefficient (Wildman–Crippen LogP) is 4.86. The van der Waals surface area contributed by atoms with Crippen molar-refractivity contribution in [2.24, 2.45) is 28.1 Å². The Kier molecular flexibility index (Phi) is 3.84. The first kappa shape index (κ1) is 15.4. The van der Waals surface area contributed by atoms with Gasteiger partial charge in [-0.05, 0) is 60.3 Å². The van der Waals surface area contributed by atoms with Gasteiger partial charge in [-0.15, -0.1) is 0 Å². The molecule has 19 heavy (non-hydrogen) atoms. The van der Waals surface area contributed by atoms with Crippen LogP contribution in [0, 0.1) is 28.1 Å². The van der Waals surface area contributed by atoms with Crippen LogP contribution < -0.4 is 5.32 Å². The zero-order chi connectivity index (χ0) is 14.5. The Morgan fingerprint density at radius 2 is 1.37 bits per heavy atom. The van der Waals surface area contributed by atoms with E-state index in [1.165, 1.54) is 32.2 Å². The van der Waals surface area contributed by atoms with Crippen LogP contribution in [0.5, 0.6) is 0 Å². The van der Waals surface area contributed by atoms with E-state index >= 15 is 0 Å². The molecule has 0 aromatic carbocycles. The highest BCUT2D eigenvalue weighted by atomic mass is 15.0. The Hall–Kier alpha value is -0.0400. The zero-order valence-electron chi connectivity index (χ0n) is 14.3. The smallest absolute Gasteiger partial charge is 0.0181 e. The predicted molar refractivity (Wildman–Crippen MR) is 84.3 cm³/mol. The fourth-order valence-corrected chi connectivity index (χ4v) is 4.22. The second-order valence-corrected chi connectivity index (χ2v) is 9.37. The quantitative estimate of drug-likeness (QED) is 0.768. The van der Waals surface area contributed by atoms with Crippen molar-refractivity contribution in [3.63, 3.8) is 0 Å². The Bertz CT molecular complexity index is 299. The summed E-state index contributed by atoms with van der Waals surface area (Å²) < 4.78 is 0. The Morgan fingerprint density at radius 1 is 0.895 bits per heavy atom. The third kappa shape index (κ3) is 2.86. The van der Waals surface area contributed by atoms with E-state index in [0.717, 1.165) is 17.9 Å². The lowest BCUT2D eigenvalue weighted by Crippen LogP contribution is -2.33. The summed E-state index contributed by atoms with van der Waals surface area (Å²) in [7, 11) is 0. The van der Waals surface area contributed by atoms with E-state index in [2.05, 4.69) is 53.8 Å². The largest absolute Gasteiger partial charge is 0.313 e. The van der Waals surface area contributed by atoms with Crippen LogP contribution in [0.3, 0.4) is 0 Å². The van der Waals surface area contributed by atoms with Crippen molar-refractivity contribution in [1.82, 2.24) is 5.32 Å². The first-order valence-corrected chi connectivity index (χ1v) is 8.30. The summed E-state index contributed by atoms with van der Waals surface area (Å²) >= 11 is 0. The fourth-order valence-electron chi connectivity index (χ4n) is 4.22. The molecule has 1 heteroatoms. The van der Waals surface area contributed by atoms with E-state index in [0.29, 0.717) is 16.2 Å². The number of nitrogens with one attached hydrogen (secondary N) is 1. The van der Waals surface area contributed by atoms with Gasteiger partial charge in [0.15, 0.2) is 0 Å². The molecule has 1 N–H and O–H groups in total. The van der Waals surface area contributed by atoms with Gasteiger partial charge < -0.3 is 5.32 Å². The maximum atomic E-state index is 3.86. The van der Waals surface area contributed by atoms with Crippen LogP contribution in [0.1, 0.15) is 74.1 Å². The van der Waals surface area contributed by atoms with Gasteiger partial charge >= 0.3 is 0 Å². The van der Waals surface area contributed by atoms with Crippen molar-refractivity contribution in [1.29, 1.82) is 0 Å². The second-order valence-electron chi connectivity index (χ2n) is 9.37. The Morgan fingerprint density at radius 3 is 1.74 bits per heavy atom. The molecular weight excluding hydrogens is 230 g/mol. The number of rotatable bonds is 3. The highest BCUT2D eigenvalue weighted by molar-refractivity contribution is 5.17. The summed E-state index contributed by atoms with van der Waals surface area (Å²) in [5, 5.41) is 3.86. The lowest BCUT2D eigenvalue weighted by Gasteiger charge is -2.37. The van der Waals surface area contributed by atoms with Crippen molar-refractivity contribution >= 4 is 0 Å². The van der Waals surface area contributed by atoms with Gasteiger partial charge in [-0.1, -0.05) is 48.5 Å². The average Bonchev–Trinajstić information content (AvgIpc) is 2.66. The molecule has 0 heterocycles. The summed E-state index contributed by atoms with van der Waals surface area (Å²) in [5.41, 5.74) is 1.48. The molecule has 2 aliphatic carbocycles. The lowest BCUT2D eigenvalue weighted by atomic mass is 9.70. The van der Waals surface area contributed by atoms with Gasteiger partial charge in [0.1, 0.15) is 0 Å². The molecule has 0 amide bonds. The first-order valence-electron chi connectivity index (χ1n) is 8.30. The van der Waals surface area contributed by atoms with Gasteiger partial charge in [-0.25, -0.2) is 0 Å². The topological polar surface area (TPSA) is 12.0 Å². The van der Waals surface area contributed by atoms with Crippen molar-refractivity contribution in [2.45, 2.75) is 80.2 Å². The summed E-state index contributed by atoms with van der Waals surface area (Å²) in [6.45, 7) is 18.1. The molecule has 0 bridgehead atoms. The lowest BCUT2D eigenvalue weighted by molar-refractivity contribution is 0.148. The van der Waals surface area contributed by atoms with E-state index in [1.807, 2.05) is 0 Å². The van der Waals surface area contributed by atoms with Crippen LogP contribution in [0.2, 0.25) is 0 Å². The van der Waals surface area contributed by atoms with E-state index in [4.69, 9.17) is 0 Å². The van der Waals surface area contributed by atoms with Gasteiger partial charge in [0.2, 0.25) is 0 Å². The standard InChI is InChI=1S/C18H35N/c1-16(2,3)14-10-8-13(9-11-14)12-19-15-17(4,5)18(15,6)7/h13-15,19H,8-12H2,1-7H3. The minimum absolute atomic E-state index is 0.482. The molecule has 0 radical (unpaired) electrons. The second kappa shape index (κ2) is 4.76. The number of hydrogen-bond donors (Lipinski definition) is 1. The molecule has 0 saturated heterocycles. The summed E-state index contributed by atoms with van der Waals surface area (Å²) in [6, 6.07) is 0.723. The van der Waals surface area contributed by atoms with Gasteiger partial charge in [0.05, 0.1) is 0 Å². The average molecular weight is 265 g/mol. The molecule has 0 spiro atoms. The highest BCUT2D eigenvalue weighted by Crippen LogP contribution is 2.62. The van der Waals surface area contributed by atoms with E-state index in [9.17, 15) is 0 Å². The van der Waals surface area contributed by atoms with Crippen LogP contribution in [0.4, 0.5) is 0 Å². The van der Waals surface area contributed by atoms with Crippen LogP contribution in [0.25, 0.3) is 0 Å². The van der Waals surface area contributed by atoms with Crippen LogP contribution in [0.15, 0.2) is 0 Å². The van der Waals surface area contributed by atoms with Crippen LogP contribution in [-0.2, 0) is 0 Å². The van der Waals surface area contributed by atoms with Gasteiger partial charge in [0.25, 0.3) is 0 Å². The third-order valence-corrected chi connectivity index (χ3v) is 6.70. The fraction of sp³-hybridized carbons (Fsp3) is 1.00. The first-order chi connectivity index (χ1) is 8.57. The monoisotopic (exact) mass is 265 g/mol. The summed E-state index contributed by atoms with van der Waals surface area (Å²) in [5.74, 6) is 1.86.